The highest BCUT2D eigenvalue weighted by molar-refractivity contribution is 5.91. The molecule has 14 heteroatoms. The molecular weight excluding hydrogens is 821 g/mol. The Balaban J connectivity index is 0.830. The summed E-state index contributed by atoms with van der Waals surface area (Å²) < 4.78 is 10.4. The van der Waals surface area contributed by atoms with Gasteiger partial charge in [0.1, 0.15) is 29.8 Å². The Kier molecular flexibility index (Phi) is 12.8. The van der Waals surface area contributed by atoms with E-state index < -0.39 is 24.3 Å². The van der Waals surface area contributed by atoms with Gasteiger partial charge in [-0.15, -0.1) is 0 Å². The van der Waals surface area contributed by atoms with E-state index >= 15 is 0 Å². The molecule has 1 unspecified atom stereocenters. The summed E-state index contributed by atoms with van der Waals surface area (Å²) in [6.07, 6.45) is 6.97. The first kappa shape index (κ1) is 42.8. The Bertz CT molecular complexity index is 2680. The van der Waals surface area contributed by atoms with Gasteiger partial charge in [0, 0.05) is 30.8 Å². The second kappa shape index (κ2) is 19.5. The topological polar surface area (TPSA) is 175 Å². The van der Waals surface area contributed by atoms with E-state index in [-0.39, 0.29) is 29.8 Å². The van der Waals surface area contributed by atoms with Crippen molar-refractivity contribution in [3.8, 4) is 34.4 Å². The van der Waals surface area contributed by atoms with Crippen molar-refractivity contribution < 1.29 is 28.7 Å². The first-order valence-corrected chi connectivity index (χ1v) is 22.1. The van der Waals surface area contributed by atoms with Crippen LogP contribution in [0.5, 0.6) is 0 Å². The normalized spacial score (nSPS) is 18.9. The molecule has 3 aliphatic rings. The minimum atomic E-state index is -0.886. The largest absolute Gasteiger partial charge is 0.453 e. The summed E-state index contributed by atoms with van der Waals surface area (Å²) in [7, 11) is 1.28. The maximum absolute atomic E-state index is 14.2. The number of carbonyl (C=O) groups is 4. The van der Waals surface area contributed by atoms with Gasteiger partial charge in [-0.2, -0.15) is 0 Å². The Morgan fingerprint density at radius 3 is 1.57 bits per heavy atom. The van der Waals surface area contributed by atoms with Crippen molar-refractivity contribution in [2.24, 2.45) is 0 Å². The highest BCUT2D eigenvalue weighted by Gasteiger charge is 2.39. The first-order chi connectivity index (χ1) is 31.8. The third-order valence-corrected chi connectivity index (χ3v) is 12.4. The predicted octanol–water partition coefficient (Wildman–Crippen LogP) is 7.33. The number of alkyl carbamates (subject to hydrolysis) is 1. The van der Waals surface area contributed by atoms with Crippen LogP contribution in [0.15, 0.2) is 122 Å². The molecule has 0 radical (unpaired) electrons. The summed E-state index contributed by atoms with van der Waals surface area (Å²) in [5.74, 6) is 7.28. The first-order valence-electron chi connectivity index (χ1n) is 22.1. The van der Waals surface area contributed by atoms with Crippen molar-refractivity contribution in [3.63, 3.8) is 0 Å². The Morgan fingerprint density at radius 1 is 0.646 bits per heavy atom. The molecule has 65 heavy (non-hydrogen) atoms. The highest BCUT2D eigenvalue weighted by atomic mass is 16.5. The summed E-state index contributed by atoms with van der Waals surface area (Å²) >= 11 is 0. The molecule has 4 N–H and O–H groups in total. The molecule has 3 saturated heterocycles. The molecule has 2 aromatic heterocycles. The van der Waals surface area contributed by atoms with Crippen molar-refractivity contribution in [2.75, 3.05) is 26.8 Å². The van der Waals surface area contributed by atoms with Gasteiger partial charge in [-0.3, -0.25) is 14.4 Å². The van der Waals surface area contributed by atoms with Crippen LogP contribution in [0, 0.1) is 11.8 Å². The molecule has 6 aromatic rings. The van der Waals surface area contributed by atoms with Crippen molar-refractivity contribution in [1.82, 2.24) is 40.4 Å². The van der Waals surface area contributed by atoms with E-state index in [0.29, 0.717) is 43.3 Å². The van der Waals surface area contributed by atoms with Crippen molar-refractivity contribution in [2.45, 2.75) is 68.8 Å². The number of ether oxygens (including phenoxy) is 2. The molecule has 14 nitrogen and oxygen atoms in total. The fraction of sp³-hybridized carbons (Fsp3) is 0.294. The zero-order valence-electron chi connectivity index (χ0n) is 36.0. The van der Waals surface area contributed by atoms with Crippen LogP contribution >= 0.6 is 0 Å². The fourth-order valence-corrected chi connectivity index (χ4v) is 8.94. The maximum atomic E-state index is 14.2. The molecule has 5 heterocycles. The highest BCUT2D eigenvalue weighted by Crippen LogP contribution is 2.36. The summed E-state index contributed by atoms with van der Waals surface area (Å²) in [4.78, 5) is 73.4. The van der Waals surface area contributed by atoms with E-state index in [2.05, 4.69) is 37.4 Å². The standard InChI is InChI=1S/C51H50N8O6/c1-64-51(63)57-45(38-13-6-3-7-14-38)50(62)59-29-9-16-42(59)47-53-32-40(55-47)36-26-22-34(23-27-36)19-18-33-20-24-35(25-21-33)39-31-52-46(54-39)41-15-8-28-58(41)49(61)44(37-11-4-2-5-12-37)56-48(60)43-17-10-30-65-43/h2-7,11-14,20-27,31-32,41-45H,8-10,15-17,28-30H2,1H3,(H,52,54)(H,53,55)(H,56,60)(H,57,63)/t41-,42?,43-,44+,45+/m0/s1. The molecule has 3 aliphatic heterocycles. The fourth-order valence-electron chi connectivity index (χ4n) is 8.94. The average molecular weight is 871 g/mol. The van der Waals surface area contributed by atoms with Gasteiger partial charge in [-0.1, -0.05) is 96.8 Å². The van der Waals surface area contributed by atoms with Crippen LogP contribution in [-0.2, 0) is 23.9 Å². The number of aromatic amines is 2. The van der Waals surface area contributed by atoms with Crippen molar-refractivity contribution >= 4 is 23.8 Å². The number of rotatable bonds is 11. The lowest BCUT2D eigenvalue weighted by molar-refractivity contribution is -0.140. The molecule has 0 aliphatic carbocycles. The Hall–Kier alpha value is -7.50. The van der Waals surface area contributed by atoms with E-state index in [1.54, 1.807) is 17.3 Å². The number of aromatic nitrogens is 4. The summed E-state index contributed by atoms with van der Waals surface area (Å²) in [5, 5.41) is 5.70. The number of nitrogens with zero attached hydrogens (tertiary/aromatic N) is 4. The molecule has 330 valence electrons. The lowest BCUT2D eigenvalue weighted by atomic mass is 10.0. The van der Waals surface area contributed by atoms with Gasteiger partial charge in [0.25, 0.3) is 5.91 Å². The van der Waals surface area contributed by atoms with E-state index in [4.69, 9.17) is 14.5 Å². The van der Waals surface area contributed by atoms with Crippen LogP contribution in [-0.4, -0.2) is 86.5 Å². The van der Waals surface area contributed by atoms with Gasteiger partial charge in [0.15, 0.2) is 0 Å². The number of likely N-dealkylation sites (tertiary alicyclic amines) is 2. The van der Waals surface area contributed by atoms with E-state index in [0.717, 1.165) is 71.3 Å². The number of amides is 4. The number of nitrogens with one attached hydrogen (secondary N) is 4. The molecule has 0 bridgehead atoms. The number of hydrogen-bond donors (Lipinski definition) is 4. The number of imidazole rings is 2. The molecule has 4 aromatic carbocycles. The second-order valence-corrected chi connectivity index (χ2v) is 16.5. The van der Waals surface area contributed by atoms with E-state index in [1.165, 1.54) is 7.11 Å². The minimum absolute atomic E-state index is 0.164. The minimum Gasteiger partial charge on any atom is -0.453 e. The van der Waals surface area contributed by atoms with E-state index in [1.807, 2.05) is 114 Å². The smallest absolute Gasteiger partial charge is 0.407 e. The van der Waals surface area contributed by atoms with Gasteiger partial charge >= 0.3 is 6.09 Å². The van der Waals surface area contributed by atoms with Crippen LogP contribution in [0.3, 0.4) is 0 Å². The van der Waals surface area contributed by atoms with Crippen LogP contribution in [0.25, 0.3) is 22.5 Å². The zero-order valence-corrected chi connectivity index (χ0v) is 36.0. The lowest BCUT2D eigenvalue weighted by Gasteiger charge is -2.29. The Morgan fingerprint density at radius 2 is 1.12 bits per heavy atom. The molecular formula is C51H50N8O6. The molecule has 4 amide bonds. The number of benzene rings is 4. The van der Waals surface area contributed by atoms with Gasteiger partial charge in [-0.25, -0.2) is 14.8 Å². The van der Waals surface area contributed by atoms with Gasteiger partial charge in [-0.05, 0) is 85.0 Å². The third kappa shape index (κ3) is 9.56. The molecule has 0 saturated carbocycles. The van der Waals surface area contributed by atoms with Crippen molar-refractivity contribution in [3.05, 3.63) is 155 Å². The van der Waals surface area contributed by atoms with E-state index in [9.17, 15) is 19.2 Å². The van der Waals surface area contributed by atoms with Crippen molar-refractivity contribution in [1.29, 1.82) is 0 Å². The summed E-state index contributed by atoms with van der Waals surface area (Å²) in [6, 6.07) is 32.2. The van der Waals surface area contributed by atoms with Gasteiger partial charge < -0.3 is 39.9 Å². The molecule has 9 rings (SSSR count). The Labute approximate surface area is 377 Å². The van der Waals surface area contributed by atoms with Crippen LogP contribution in [0.2, 0.25) is 0 Å². The van der Waals surface area contributed by atoms with Crippen LogP contribution in [0.1, 0.15) is 96.6 Å². The second-order valence-electron chi connectivity index (χ2n) is 16.5. The summed E-state index contributed by atoms with van der Waals surface area (Å²) in [6.45, 7) is 1.66. The van der Waals surface area contributed by atoms with Gasteiger partial charge in [0.2, 0.25) is 11.8 Å². The molecule has 5 atom stereocenters. The number of carbonyl (C=O) groups excluding carboxylic acids is 4. The number of hydrogen-bond acceptors (Lipinski definition) is 8. The number of H-pyrrole nitrogens is 2. The SMILES string of the molecule is COC(=O)N[C@@H](C(=O)N1CCCC1c1ncc(-c2ccc(C#Cc3ccc(-c4cnc([C@@H]5CCCN5C(=O)[C@H](NC(=O)[C@@H]5CCCO5)c5ccccc5)[nH]4)cc3)cc2)[nH]1)c1ccccc1. The van der Waals surface area contributed by atoms with Crippen LogP contribution < -0.4 is 10.6 Å². The third-order valence-electron chi connectivity index (χ3n) is 12.4. The zero-order chi connectivity index (χ0) is 44.7. The number of methoxy groups -OCH3 is 1. The van der Waals surface area contributed by atoms with Crippen LogP contribution in [0.4, 0.5) is 4.79 Å². The monoisotopic (exact) mass is 870 g/mol. The molecule has 3 fully saturated rings. The summed E-state index contributed by atoms with van der Waals surface area (Å²) in [5.41, 5.74) is 6.65. The predicted molar refractivity (Wildman–Crippen MR) is 242 cm³/mol. The average Bonchev–Trinajstić information content (AvgIpc) is 4.22. The van der Waals surface area contributed by atoms with Gasteiger partial charge in [0.05, 0.1) is 43.0 Å². The quantitative estimate of drug-likeness (QED) is 0.0980. The maximum Gasteiger partial charge on any atom is 0.407 e. The lowest BCUT2D eigenvalue weighted by Crippen LogP contribution is -2.45. The molecule has 0 spiro atoms.